The van der Waals surface area contributed by atoms with Gasteiger partial charge in [0.2, 0.25) is 5.78 Å². The number of fused-ring (bicyclic) bond motifs is 1. The molecule has 0 saturated carbocycles. The number of hydrogen-bond acceptors (Lipinski definition) is 4. The van der Waals surface area contributed by atoms with Crippen molar-refractivity contribution in [2.24, 2.45) is 5.41 Å². The van der Waals surface area contributed by atoms with Gasteiger partial charge >= 0.3 is 6.09 Å². The van der Waals surface area contributed by atoms with E-state index in [-0.39, 0.29) is 23.1 Å². The zero-order valence-electron chi connectivity index (χ0n) is 21.5. The van der Waals surface area contributed by atoms with Crippen LogP contribution in [0.4, 0.5) is 4.79 Å². The summed E-state index contributed by atoms with van der Waals surface area (Å²) in [5.41, 5.74) is -0.986. The largest absolute Gasteiger partial charge is 0.435 e. The molecule has 0 aliphatic rings. The molecule has 1 atom stereocenters. The summed E-state index contributed by atoms with van der Waals surface area (Å²) < 4.78 is 5.72. The van der Waals surface area contributed by atoms with Crippen LogP contribution < -0.4 is 0 Å². The molecule has 180 valence electrons. The maximum absolute atomic E-state index is 13.7. The summed E-state index contributed by atoms with van der Waals surface area (Å²) in [5.74, 6) is -0.418. The van der Waals surface area contributed by atoms with E-state index in [4.69, 9.17) is 4.74 Å². The third kappa shape index (κ3) is 6.67. The molecule has 2 rings (SSSR count). The third-order valence-electron chi connectivity index (χ3n) is 5.45. The summed E-state index contributed by atoms with van der Waals surface area (Å²) >= 11 is 0. The van der Waals surface area contributed by atoms with Gasteiger partial charge in [-0.3, -0.25) is 4.79 Å². The van der Waals surface area contributed by atoms with Crippen LogP contribution in [-0.4, -0.2) is 39.6 Å². The van der Waals surface area contributed by atoms with Crippen molar-refractivity contribution in [1.82, 2.24) is 4.90 Å². The van der Waals surface area contributed by atoms with Crippen molar-refractivity contribution in [3.63, 3.8) is 0 Å². The van der Waals surface area contributed by atoms with Crippen LogP contribution in [0.15, 0.2) is 54.1 Å². The first-order valence-electron chi connectivity index (χ1n) is 11.6. The van der Waals surface area contributed by atoms with Gasteiger partial charge in [0.05, 0.1) is 0 Å². The lowest BCUT2D eigenvalue weighted by Crippen LogP contribution is -2.48. The summed E-state index contributed by atoms with van der Waals surface area (Å²) in [5, 5.41) is 13.3. The SMILES string of the molecule is CC(C)N(C(=O)OC(C)(C)C(=O)/C(=C/C(C)(C)C)[C@@H](O)c1ccc2ccccc2c1)C(C)C. The molecule has 2 aromatic carbocycles. The molecule has 0 aliphatic heterocycles. The second kappa shape index (κ2) is 10.1. The Balaban J connectivity index is 2.44. The average Bonchev–Trinajstić information content (AvgIpc) is 2.68. The molecule has 1 amide bonds. The van der Waals surface area contributed by atoms with Crippen molar-refractivity contribution in [3.8, 4) is 0 Å². The van der Waals surface area contributed by atoms with Crippen LogP contribution in [0.3, 0.4) is 0 Å². The average molecular weight is 454 g/mol. The molecule has 0 radical (unpaired) electrons. The van der Waals surface area contributed by atoms with Crippen molar-refractivity contribution in [2.45, 2.75) is 86.1 Å². The lowest BCUT2D eigenvalue weighted by Gasteiger charge is -2.34. The topological polar surface area (TPSA) is 66.8 Å². The monoisotopic (exact) mass is 453 g/mol. The van der Waals surface area contributed by atoms with Gasteiger partial charge < -0.3 is 14.7 Å². The molecule has 0 saturated heterocycles. The molecule has 0 fully saturated rings. The number of rotatable bonds is 7. The second-order valence-electron chi connectivity index (χ2n) is 10.8. The fraction of sp³-hybridized carbons (Fsp3) is 0.500. The van der Waals surface area contributed by atoms with Crippen LogP contribution in [0.5, 0.6) is 0 Å². The second-order valence-corrected chi connectivity index (χ2v) is 10.8. The van der Waals surface area contributed by atoms with Crippen LogP contribution in [0.25, 0.3) is 10.8 Å². The van der Waals surface area contributed by atoms with Gasteiger partial charge in [0.25, 0.3) is 0 Å². The zero-order valence-corrected chi connectivity index (χ0v) is 21.5. The molecular formula is C28H39NO4. The van der Waals surface area contributed by atoms with Crippen LogP contribution in [0.2, 0.25) is 0 Å². The number of nitrogens with zero attached hydrogens (tertiary/aromatic N) is 1. The number of amides is 1. The number of carbonyl (C=O) groups is 2. The van der Waals surface area contributed by atoms with E-state index < -0.39 is 23.6 Å². The van der Waals surface area contributed by atoms with E-state index in [9.17, 15) is 14.7 Å². The number of ketones is 1. The van der Waals surface area contributed by atoms with E-state index in [1.165, 1.54) is 0 Å². The Morgan fingerprint density at radius 3 is 1.97 bits per heavy atom. The number of hydrogen-bond donors (Lipinski definition) is 1. The predicted octanol–water partition coefficient (Wildman–Crippen LogP) is 6.45. The molecule has 0 aliphatic carbocycles. The normalized spacial score (nSPS) is 14.0. The van der Waals surface area contributed by atoms with Crippen molar-refractivity contribution in [3.05, 3.63) is 59.7 Å². The molecule has 33 heavy (non-hydrogen) atoms. The molecule has 0 spiro atoms. The number of allylic oxidation sites excluding steroid dienone is 1. The highest BCUT2D eigenvalue weighted by Gasteiger charge is 2.39. The number of aliphatic hydroxyl groups excluding tert-OH is 1. The first-order chi connectivity index (χ1) is 15.1. The van der Waals surface area contributed by atoms with Gasteiger partial charge in [-0.05, 0) is 69.4 Å². The Morgan fingerprint density at radius 1 is 0.909 bits per heavy atom. The summed E-state index contributed by atoms with van der Waals surface area (Å²) in [4.78, 5) is 28.2. The van der Waals surface area contributed by atoms with E-state index >= 15 is 0 Å². The lowest BCUT2D eigenvalue weighted by atomic mass is 9.84. The Morgan fingerprint density at radius 2 is 1.45 bits per heavy atom. The maximum Gasteiger partial charge on any atom is 0.411 e. The fourth-order valence-electron chi connectivity index (χ4n) is 3.98. The Labute approximate surface area is 198 Å². The minimum absolute atomic E-state index is 0.0730. The fourth-order valence-corrected chi connectivity index (χ4v) is 3.98. The van der Waals surface area contributed by atoms with Gasteiger partial charge in [-0.25, -0.2) is 4.79 Å². The Kier molecular flexibility index (Phi) is 8.13. The molecule has 2 aromatic rings. The quantitative estimate of drug-likeness (QED) is 0.489. The highest BCUT2D eigenvalue weighted by Crippen LogP contribution is 2.33. The highest BCUT2D eigenvalue weighted by molar-refractivity contribution is 6.03. The number of ether oxygens (including phenoxy) is 1. The van der Waals surface area contributed by atoms with Gasteiger partial charge in [-0.2, -0.15) is 0 Å². The van der Waals surface area contributed by atoms with E-state index in [0.29, 0.717) is 5.56 Å². The number of carbonyl (C=O) groups excluding carboxylic acids is 2. The molecule has 5 heteroatoms. The number of aliphatic hydroxyl groups is 1. The van der Waals surface area contributed by atoms with Gasteiger partial charge in [0.1, 0.15) is 6.10 Å². The molecule has 1 N–H and O–H groups in total. The third-order valence-corrected chi connectivity index (χ3v) is 5.45. The molecule has 0 heterocycles. The van der Waals surface area contributed by atoms with Crippen molar-refractivity contribution in [1.29, 1.82) is 0 Å². The standard InChI is InChI=1S/C28H39NO4/c1-18(2)29(19(3)4)26(32)33-28(8,9)25(31)23(17-27(5,6)7)24(30)22-15-14-20-12-10-11-13-21(20)16-22/h10-19,24,30H,1-9H3/b23-17+/t24-/m0/s1. The Bertz CT molecular complexity index is 1020. The van der Waals surface area contributed by atoms with Crippen molar-refractivity contribution < 1.29 is 19.4 Å². The minimum Gasteiger partial charge on any atom is -0.435 e. The van der Waals surface area contributed by atoms with E-state index in [2.05, 4.69) is 0 Å². The molecular weight excluding hydrogens is 414 g/mol. The Hall–Kier alpha value is -2.66. The van der Waals surface area contributed by atoms with Crippen LogP contribution in [0, 0.1) is 5.41 Å². The number of benzene rings is 2. The van der Waals surface area contributed by atoms with Gasteiger partial charge in [-0.15, -0.1) is 0 Å². The van der Waals surface area contributed by atoms with Crippen molar-refractivity contribution >= 4 is 22.6 Å². The summed E-state index contributed by atoms with van der Waals surface area (Å²) in [6.07, 6.45) is 0.0761. The van der Waals surface area contributed by atoms with Crippen LogP contribution >= 0.6 is 0 Å². The van der Waals surface area contributed by atoms with Gasteiger partial charge in [0, 0.05) is 17.7 Å². The predicted molar refractivity (Wildman–Crippen MR) is 134 cm³/mol. The summed E-state index contributed by atoms with van der Waals surface area (Å²) in [6.45, 7) is 16.7. The summed E-state index contributed by atoms with van der Waals surface area (Å²) in [6, 6.07) is 13.4. The van der Waals surface area contributed by atoms with Gasteiger partial charge in [-0.1, -0.05) is 63.2 Å². The molecule has 0 bridgehead atoms. The van der Waals surface area contributed by atoms with Crippen molar-refractivity contribution in [2.75, 3.05) is 0 Å². The molecule has 5 nitrogen and oxygen atoms in total. The summed E-state index contributed by atoms with van der Waals surface area (Å²) in [7, 11) is 0. The molecule has 0 aromatic heterocycles. The minimum atomic E-state index is -1.45. The smallest absolute Gasteiger partial charge is 0.411 e. The van der Waals surface area contributed by atoms with Gasteiger partial charge in [0.15, 0.2) is 5.60 Å². The highest BCUT2D eigenvalue weighted by atomic mass is 16.6. The lowest BCUT2D eigenvalue weighted by molar-refractivity contribution is -0.133. The van der Waals surface area contributed by atoms with E-state index in [1.807, 2.05) is 90.9 Å². The maximum atomic E-state index is 13.7. The van der Waals surface area contributed by atoms with E-state index in [1.54, 1.807) is 24.8 Å². The van der Waals surface area contributed by atoms with Crippen LogP contribution in [0.1, 0.15) is 74.0 Å². The molecule has 0 unspecified atom stereocenters. The first-order valence-corrected chi connectivity index (χ1v) is 11.6. The zero-order chi connectivity index (χ0) is 25.1. The van der Waals surface area contributed by atoms with E-state index in [0.717, 1.165) is 10.8 Å². The first kappa shape index (κ1) is 26.6. The number of Topliss-reactive ketones (excluding diaryl/α,β-unsaturated/α-hetero) is 1. The van der Waals surface area contributed by atoms with Crippen LogP contribution in [-0.2, 0) is 9.53 Å².